The van der Waals surface area contributed by atoms with Crippen LogP contribution in [0.3, 0.4) is 0 Å². The summed E-state index contributed by atoms with van der Waals surface area (Å²) in [5.74, 6) is -0.179. The highest BCUT2D eigenvalue weighted by Crippen LogP contribution is 2.23. The van der Waals surface area contributed by atoms with Crippen molar-refractivity contribution in [2.45, 2.75) is 365 Å². The lowest BCUT2D eigenvalue weighted by Crippen LogP contribution is -2.60. The highest BCUT2D eigenvalue weighted by atomic mass is 16.7. The Morgan fingerprint density at radius 2 is 0.781 bits per heavy atom. The van der Waals surface area contributed by atoms with Crippen LogP contribution in [0.5, 0.6) is 0 Å². The zero-order valence-corrected chi connectivity index (χ0v) is 48.2. The zero-order chi connectivity index (χ0) is 52.9. The molecule has 1 heterocycles. The van der Waals surface area contributed by atoms with Crippen molar-refractivity contribution in [3.63, 3.8) is 0 Å². The van der Waals surface area contributed by atoms with Crippen molar-refractivity contribution in [1.82, 2.24) is 5.32 Å². The van der Waals surface area contributed by atoms with E-state index in [9.17, 15) is 30.3 Å². The third kappa shape index (κ3) is 43.4. The largest absolute Gasteiger partial charge is 0.394 e. The van der Waals surface area contributed by atoms with Gasteiger partial charge in [0.05, 0.1) is 25.4 Å². The Bertz CT molecular complexity index is 1200. The van der Waals surface area contributed by atoms with Gasteiger partial charge in [-0.25, -0.2) is 0 Å². The molecule has 0 aliphatic carbocycles. The van der Waals surface area contributed by atoms with Crippen LogP contribution in [0.25, 0.3) is 0 Å². The molecule has 7 atom stereocenters. The van der Waals surface area contributed by atoms with Crippen molar-refractivity contribution in [3.05, 3.63) is 24.3 Å². The van der Waals surface area contributed by atoms with Crippen LogP contribution in [0.15, 0.2) is 24.3 Å². The first-order valence-corrected chi connectivity index (χ1v) is 32.1. The maximum absolute atomic E-state index is 13.1. The van der Waals surface area contributed by atoms with Gasteiger partial charge in [-0.3, -0.25) is 4.79 Å². The number of carbonyl (C=O) groups excluding carboxylic acids is 1. The van der Waals surface area contributed by atoms with E-state index < -0.39 is 49.5 Å². The van der Waals surface area contributed by atoms with E-state index in [4.69, 9.17) is 9.47 Å². The lowest BCUT2D eigenvalue weighted by atomic mass is 9.99. The molecule has 0 aromatic carbocycles. The lowest BCUT2D eigenvalue weighted by molar-refractivity contribution is -0.302. The van der Waals surface area contributed by atoms with Crippen molar-refractivity contribution in [2.75, 3.05) is 13.2 Å². The van der Waals surface area contributed by atoms with Gasteiger partial charge in [0.2, 0.25) is 5.91 Å². The SMILES string of the molecule is CCCCCCCCCCCCCCCCCC/C=C/CC/C=C/C(O)C(COC1OC(CO)C(O)C(O)C1O)NC(=O)CCCCCCCCCCCCCCCCCCCCCCCCCCCCCC. The lowest BCUT2D eigenvalue weighted by Gasteiger charge is -2.40. The van der Waals surface area contributed by atoms with E-state index in [1.54, 1.807) is 6.08 Å². The second-order valence-electron chi connectivity index (χ2n) is 22.6. The van der Waals surface area contributed by atoms with Crippen molar-refractivity contribution in [2.24, 2.45) is 0 Å². The van der Waals surface area contributed by atoms with Gasteiger partial charge in [-0.2, -0.15) is 0 Å². The Balaban J connectivity index is 2.17. The van der Waals surface area contributed by atoms with Crippen LogP contribution in [0.2, 0.25) is 0 Å². The number of ether oxygens (including phenoxy) is 2. The molecule has 1 aliphatic rings. The number of hydrogen-bond acceptors (Lipinski definition) is 8. The first kappa shape index (κ1) is 69.7. The summed E-state index contributed by atoms with van der Waals surface area (Å²) in [6, 6.07) is -0.819. The molecule has 1 rings (SSSR count). The first-order valence-electron chi connectivity index (χ1n) is 32.1. The highest BCUT2D eigenvalue weighted by Gasteiger charge is 2.44. The molecule has 0 radical (unpaired) electrons. The summed E-state index contributed by atoms with van der Waals surface area (Å²) in [5.41, 5.74) is 0. The first-order chi connectivity index (χ1) is 35.8. The summed E-state index contributed by atoms with van der Waals surface area (Å²) in [6.07, 6.45) is 62.7. The van der Waals surface area contributed by atoms with Gasteiger partial charge in [0.25, 0.3) is 0 Å². The average molecular weight is 1030 g/mol. The summed E-state index contributed by atoms with van der Waals surface area (Å²) >= 11 is 0. The Morgan fingerprint density at radius 3 is 1.15 bits per heavy atom. The second-order valence-corrected chi connectivity index (χ2v) is 22.6. The van der Waals surface area contributed by atoms with Gasteiger partial charge in [-0.05, 0) is 32.1 Å². The zero-order valence-electron chi connectivity index (χ0n) is 48.2. The number of aliphatic hydroxyl groups is 5. The minimum Gasteiger partial charge on any atom is -0.394 e. The molecule has 1 fully saturated rings. The van der Waals surface area contributed by atoms with E-state index in [2.05, 4.69) is 31.3 Å². The van der Waals surface area contributed by atoms with Gasteiger partial charge in [0.15, 0.2) is 6.29 Å². The van der Waals surface area contributed by atoms with Gasteiger partial charge in [0, 0.05) is 6.42 Å². The van der Waals surface area contributed by atoms with Crippen molar-refractivity contribution in [3.8, 4) is 0 Å². The molecule has 73 heavy (non-hydrogen) atoms. The average Bonchev–Trinajstić information content (AvgIpc) is 3.39. The Kier molecular flexibility index (Phi) is 51.6. The molecular weight excluding hydrogens is 911 g/mol. The quantitative estimate of drug-likeness (QED) is 0.0261. The van der Waals surface area contributed by atoms with Crippen molar-refractivity contribution >= 4 is 5.91 Å². The van der Waals surface area contributed by atoms with Crippen LogP contribution >= 0.6 is 0 Å². The molecule has 0 saturated carbocycles. The molecule has 0 aromatic heterocycles. The molecule has 9 heteroatoms. The number of hydrogen-bond donors (Lipinski definition) is 6. The van der Waals surface area contributed by atoms with Gasteiger partial charge in [0.1, 0.15) is 24.4 Å². The van der Waals surface area contributed by atoms with E-state index in [-0.39, 0.29) is 12.5 Å². The normalized spacial score (nSPS) is 19.1. The van der Waals surface area contributed by atoms with E-state index in [0.29, 0.717) is 6.42 Å². The van der Waals surface area contributed by atoms with Crippen LogP contribution in [0.1, 0.15) is 322 Å². The highest BCUT2D eigenvalue weighted by molar-refractivity contribution is 5.76. The molecule has 9 nitrogen and oxygen atoms in total. The Hall–Kier alpha value is -1.33. The predicted octanol–water partition coefficient (Wildman–Crippen LogP) is 16.5. The van der Waals surface area contributed by atoms with Gasteiger partial charge < -0.3 is 40.3 Å². The molecular formula is C64H123NO8. The van der Waals surface area contributed by atoms with Crippen molar-refractivity contribution < 1.29 is 39.8 Å². The minimum atomic E-state index is -1.57. The summed E-state index contributed by atoms with van der Waals surface area (Å²) in [4.78, 5) is 13.1. The molecule has 0 bridgehead atoms. The fraction of sp³-hybridized carbons (Fsp3) is 0.922. The smallest absolute Gasteiger partial charge is 0.220 e. The van der Waals surface area contributed by atoms with Crippen LogP contribution < -0.4 is 5.32 Å². The van der Waals surface area contributed by atoms with Crippen LogP contribution in [-0.4, -0.2) is 87.5 Å². The van der Waals surface area contributed by atoms with Crippen LogP contribution in [0.4, 0.5) is 0 Å². The Morgan fingerprint density at radius 1 is 0.452 bits per heavy atom. The molecule has 7 unspecified atom stereocenters. The number of nitrogens with one attached hydrogen (secondary N) is 1. The van der Waals surface area contributed by atoms with Crippen LogP contribution in [0, 0.1) is 0 Å². The summed E-state index contributed by atoms with van der Waals surface area (Å²) in [7, 11) is 0. The fourth-order valence-electron chi connectivity index (χ4n) is 10.5. The summed E-state index contributed by atoms with van der Waals surface area (Å²) < 4.78 is 11.3. The topological polar surface area (TPSA) is 149 Å². The van der Waals surface area contributed by atoms with E-state index in [1.807, 2.05) is 6.08 Å². The number of carbonyl (C=O) groups is 1. The fourth-order valence-corrected chi connectivity index (χ4v) is 10.5. The third-order valence-corrected chi connectivity index (χ3v) is 15.5. The maximum atomic E-state index is 13.1. The molecule has 1 saturated heterocycles. The predicted molar refractivity (Wildman–Crippen MR) is 309 cm³/mol. The van der Waals surface area contributed by atoms with E-state index in [0.717, 1.165) is 38.5 Å². The second kappa shape index (κ2) is 54.0. The molecule has 6 N–H and O–H groups in total. The number of aliphatic hydroxyl groups excluding tert-OH is 5. The standard InChI is InChI=1S/C64H123NO8/c1-3-5-7-9-11-13-15-17-19-21-23-25-27-28-29-30-31-32-34-36-38-40-42-44-46-48-50-52-54-60(68)65-57(56-72-64-63(71)62(70)61(69)59(55-66)73-64)58(67)53-51-49-47-45-43-41-39-37-35-33-26-24-22-20-18-16-14-12-10-8-6-4-2/h43,45,51,53,57-59,61-64,66-67,69-71H,3-42,44,46-50,52,54-56H2,1-2H3,(H,65,68)/b45-43+,53-51+. The molecule has 0 spiro atoms. The van der Waals surface area contributed by atoms with Gasteiger partial charge in [-0.1, -0.05) is 308 Å². The van der Waals surface area contributed by atoms with E-state index in [1.165, 1.54) is 263 Å². The number of rotatable bonds is 56. The molecule has 0 aromatic rings. The third-order valence-electron chi connectivity index (χ3n) is 15.5. The number of allylic oxidation sites excluding steroid dienone is 3. The van der Waals surface area contributed by atoms with Crippen LogP contribution in [-0.2, 0) is 14.3 Å². The number of unbranched alkanes of at least 4 members (excludes halogenated alkanes) is 44. The van der Waals surface area contributed by atoms with E-state index >= 15 is 0 Å². The van der Waals surface area contributed by atoms with Crippen molar-refractivity contribution in [1.29, 1.82) is 0 Å². The molecule has 1 amide bonds. The minimum absolute atomic E-state index is 0.179. The summed E-state index contributed by atoms with van der Waals surface area (Å²) in [6.45, 7) is 3.81. The molecule has 432 valence electrons. The van der Waals surface area contributed by atoms with Gasteiger partial charge in [-0.15, -0.1) is 0 Å². The monoisotopic (exact) mass is 1030 g/mol. The molecule has 1 aliphatic heterocycles. The maximum Gasteiger partial charge on any atom is 0.220 e. The van der Waals surface area contributed by atoms with Gasteiger partial charge >= 0.3 is 0 Å². The number of amides is 1. The Labute approximate surface area is 451 Å². The summed E-state index contributed by atoms with van der Waals surface area (Å²) in [5, 5.41) is 54.6.